The van der Waals surface area contributed by atoms with E-state index < -0.39 is 0 Å². The third-order valence-corrected chi connectivity index (χ3v) is 4.37. The molecule has 24 heavy (non-hydrogen) atoms. The van der Waals surface area contributed by atoms with Crippen molar-refractivity contribution in [3.63, 3.8) is 0 Å². The van der Waals surface area contributed by atoms with Crippen LogP contribution in [0.15, 0.2) is 36.4 Å². The molecule has 0 amide bonds. The van der Waals surface area contributed by atoms with E-state index in [4.69, 9.17) is 14.2 Å². The molecule has 1 heterocycles. The predicted octanol–water partition coefficient (Wildman–Crippen LogP) is 3.05. The van der Waals surface area contributed by atoms with Gasteiger partial charge in [-0.15, -0.1) is 0 Å². The third kappa shape index (κ3) is 2.89. The van der Waals surface area contributed by atoms with Crippen LogP contribution >= 0.6 is 0 Å². The zero-order valence-corrected chi connectivity index (χ0v) is 14.2. The SMILES string of the molecule is COC(=O)c1ccccc1N1CCc2cc(OC)c(OC)cc2C1. The second kappa shape index (κ2) is 6.83. The van der Waals surface area contributed by atoms with Crippen molar-refractivity contribution in [3.8, 4) is 11.5 Å². The minimum absolute atomic E-state index is 0.316. The van der Waals surface area contributed by atoms with Crippen LogP contribution in [0.4, 0.5) is 5.69 Å². The summed E-state index contributed by atoms with van der Waals surface area (Å²) in [6, 6.07) is 11.6. The first-order valence-corrected chi connectivity index (χ1v) is 7.84. The van der Waals surface area contributed by atoms with Crippen molar-refractivity contribution in [3.05, 3.63) is 53.1 Å². The van der Waals surface area contributed by atoms with Gasteiger partial charge in [-0.2, -0.15) is 0 Å². The number of carbonyl (C=O) groups excluding carboxylic acids is 1. The first kappa shape index (κ1) is 16.2. The van der Waals surface area contributed by atoms with Gasteiger partial charge in [-0.05, 0) is 41.8 Å². The number of ether oxygens (including phenoxy) is 3. The van der Waals surface area contributed by atoms with Gasteiger partial charge in [0.2, 0.25) is 0 Å². The summed E-state index contributed by atoms with van der Waals surface area (Å²) in [4.78, 5) is 14.2. The highest BCUT2D eigenvalue weighted by atomic mass is 16.5. The Morgan fingerprint density at radius 1 is 1.00 bits per heavy atom. The van der Waals surface area contributed by atoms with E-state index in [1.807, 2.05) is 30.3 Å². The Kier molecular flexibility index (Phi) is 4.60. The molecule has 5 heteroatoms. The number of carbonyl (C=O) groups is 1. The van der Waals surface area contributed by atoms with Crippen molar-refractivity contribution in [2.75, 3.05) is 32.8 Å². The van der Waals surface area contributed by atoms with E-state index in [1.54, 1.807) is 20.3 Å². The maximum Gasteiger partial charge on any atom is 0.339 e. The number of para-hydroxylation sites is 1. The molecule has 0 aromatic heterocycles. The van der Waals surface area contributed by atoms with Gasteiger partial charge >= 0.3 is 5.97 Å². The number of nitrogens with zero attached hydrogens (tertiary/aromatic N) is 1. The number of rotatable bonds is 4. The van der Waals surface area contributed by atoms with Crippen LogP contribution in [0.3, 0.4) is 0 Å². The first-order chi connectivity index (χ1) is 11.7. The molecule has 2 aromatic carbocycles. The standard InChI is InChI=1S/C19H21NO4/c1-22-17-10-13-8-9-20(12-14(13)11-18(17)23-2)16-7-5-4-6-15(16)19(21)24-3/h4-7,10-11H,8-9,12H2,1-3H3. The molecule has 1 aliphatic rings. The van der Waals surface area contributed by atoms with Crippen molar-refractivity contribution in [2.45, 2.75) is 13.0 Å². The van der Waals surface area contributed by atoms with Gasteiger partial charge in [-0.3, -0.25) is 0 Å². The number of hydrogen-bond donors (Lipinski definition) is 0. The lowest BCUT2D eigenvalue weighted by Crippen LogP contribution is -2.31. The van der Waals surface area contributed by atoms with Gasteiger partial charge in [-0.25, -0.2) is 4.79 Å². The van der Waals surface area contributed by atoms with Gasteiger partial charge in [-0.1, -0.05) is 12.1 Å². The lowest BCUT2D eigenvalue weighted by molar-refractivity contribution is 0.0601. The number of fused-ring (bicyclic) bond motifs is 1. The fourth-order valence-electron chi connectivity index (χ4n) is 3.12. The lowest BCUT2D eigenvalue weighted by atomic mass is 9.97. The zero-order chi connectivity index (χ0) is 17.1. The van der Waals surface area contributed by atoms with E-state index in [9.17, 15) is 4.79 Å². The average Bonchev–Trinajstić information content (AvgIpc) is 2.65. The Bertz CT molecular complexity index is 757. The van der Waals surface area contributed by atoms with Gasteiger partial charge in [0.25, 0.3) is 0 Å². The maximum atomic E-state index is 12.0. The van der Waals surface area contributed by atoms with E-state index in [0.29, 0.717) is 12.1 Å². The Morgan fingerprint density at radius 2 is 1.67 bits per heavy atom. The lowest BCUT2D eigenvalue weighted by Gasteiger charge is -2.32. The van der Waals surface area contributed by atoms with Crippen molar-refractivity contribution in [1.29, 1.82) is 0 Å². The molecule has 0 saturated carbocycles. The molecule has 0 aliphatic carbocycles. The number of anilines is 1. The zero-order valence-electron chi connectivity index (χ0n) is 14.2. The van der Waals surface area contributed by atoms with Crippen LogP contribution in [-0.4, -0.2) is 33.8 Å². The second-order valence-corrected chi connectivity index (χ2v) is 5.66. The van der Waals surface area contributed by atoms with E-state index in [1.165, 1.54) is 18.2 Å². The summed E-state index contributed by atoms with van der Waals surface area (Å²) < 4.78 is 15.7. The Morgan fingerprint density at radius 3 is 2.33 bits per heavy atom. The normalized spacial score (nSPS) is 13.2. The highest BCUT2D eigenvalue weighted by molar-refractivity contribution is 5.95. The Hall–Kier alpha value is -2.69. The topological polar surface area (TPSA) is 48.0 Å². The third-order valence-electron chi connectivity index (χ3n) is 4.37. The molecule has 126 valence electrons. The summed E-state index contributed by atoms with van der Waals surface area (Å²) >= 11 is 0. The fraction of sp³-hybridized carbons (Fsp3) is 0.316. The molecule has 0 fully saturated rings. The van der Waals surface area contributed by atoms with E-state index in [0.717, 1.165) is 30.2 Å². The Balaban J connectivity index is 1.95. The molecule has 0 saturated heterocycles. The summed E-state index contributed by atoms with van der Waals surface area (Å²) in [6.07, 6.45) is 0.880. The van der Waals surface area contributed by atoms with Crippen LogP contribution in [0.2, 0.25) is 0 Å². The molecule has 0 spiro atoms. The monoisotopic (exact) mass is 327 g/mol. The molecule has 1 aliphatic heterocycles. The summed E-state index contributed by atoms with van der Waals surface area (Å²) in [5.74, 6) is 1.16. The summed E-state index contributed by atoms with van der Waals surface area (Å²) in [5.41, 5.74) is 3.91. The van der Waals surface area contributed by atoms with E-state index >= 15 is 0 Å². The molecule has 0 unspecified atom stereocenters. The minimum atomic E-state index is -0.316. The fourth-order valence-corrected chi connectivity index (χ4v) is 3.12. The minimum Gasteiger partial charge on any atom is -0.493 e. The van der Waals surface area contributed by atoms with Gasteiger partial charge < -0.3 is 19.1 Å². The Labute approximate surface area is 141 Å². The van der Waals surface area contributed by atoms with E-state index in [2.05, 4.69) is 4.90 Å². The van der Waals surface area contributed by atoms with Crippen LogP contribution in [-0.2, 0) is 17.7 Å². The summed E-state index contributed by atoms with van der Waals surface area (Å²) in [5, 5.41) is 0. The number of methoxy groups -OCH3 is 3. The van der Waals surface area contributed by atoms with Crippen molar-refractivity contribution >= 4 is 11.7 Å². The maximum absolute atomic E-state index is 12.0. The van der Waals surface area contributed by atoms with Gasteiger partial charge in [0, 0.05) is 13.1 Å². The molecule has 0 N–H and O–H groups in total. The van der Waals surface area contributed by atoms with E-state index in [-0.39, 0.29) is 5.97 Å². The molecule has 0 radical (unpaired) electrons. The first-order valence-electron chi connectivity index (χ1n) is 7.84. The number of esters is 1. The van der Waals surface area contributed by atoms with Gasteiger partial charge in [0.1, 0.15) is 0 Å². The van der Waals surface area contributed by atoms with Gasteiger partial charge in [0.05, 0.1) is 32.6 Å². The molecule has 2 aromatic rings. The van der Waals surface area contributed by atoms with Crippen LogP contribution in [0, 0.1) is 0 Å². The highest BCUT2D eigenvalue weighted by Gasteiger charge is 2.23. The quantitative estimate of drug-likeness (QED) is 0.808. The van der Waals surface area contributed by atoms with Crippen LogP contribution in [0.5, 0.6) is 11.5 Å². The number of benzene rings is 2. The highest BCUT2D eigenvalue weighted by Crippen LogP contribution is 2.35. The molecule has 0 atom stereocenters. The summed E-state index contributed by atoms with van der Waals surface area (Å²) in [6.45, 7) is 1.54. The van der Waals surface area contributed by atoms with Crippen LogP contribution in [0.1, 0.15) is 21.5 Å². The second-order valence-electron chi connectivity index (χ2n) is 5.66. The number of hydrogen-bond acceptors (Lipinski definition) is 5. The molecule has 3 rings (SSSR count). The summed E-state index contributed by atoms with van der Waals surface area (Å²) in [7, 11) is 4.69. The van der Waals surface area contributed by atoms with Crippen molar-refractivity contribution in [2.24, 2.45) is 0 Å². The molecule has 0 bridgehead atoms. The van der Waals surface area contributed by atoms with Gasteiger partial charge in [0.15, 0.2) is 11.5 Å². The van der Waals surface area contributed by atoms with Crippen molar-refractivity contribution < 1.29 is 19.0 Å². The average molecular weight is 327 g/mol. The van der Waals surface area contributed by atoms with Crippen molar-refractivity contribution in [1.82, 2.24) is 0 Å². The largest absolute Gasteiger partial charge is 0.493 e. The molecule has 5 nitrogen and oxygen atoms in total. The van der Waals surface area contributed by atoms with Crippen LogP contribution < -0.4 is 14.4 Å². The smallest absolute Gasteiger partial charge is 0.339 e. The van der Waals surface area contributed by atoms with Crippen LogP contribution in [0.25, 0.3) is 0 Å². The molecular weight excluding hydrogens is 306 g/mol. The molecular formula is C19H21NO4. The predicted molar refractivity (Wildman–Crippen MR) is 92.1 cm³/mol.